The van der Waals surface area contributed by atoms with E-state index < -0.39 is 0 Å². The van der Waals surface area contributed by atoms with Gasteiger partial charge in [-0.05, 0) is 18.6 Å². The predicted molar refractivity (Wildman–Crippen MR) is 72.8 cm³/mol. The van der Waals surface area contributed by atoms with Gasteiger partial charge in [-0.15, -0.1) is 0 Å². The Labute approximate surface area is 109 Å². The van der Waals surface area contributed by atoms with Crippen molar-refractivity contribution in [3.63, 3.8) is 0 Å². The van der Waals surface area contributed by atoms with Gasteiger partial charge in [0.25, 0.3) is 0 Å². The Hall–Kier alpha value is -2.69. The third-order valence-corrected chi connectivity index (χ3v) is 3.22. The van der Waals surface area contributed by atoms with Gasteiger partial charge in [0.2, 0.25) is 5.78 Å². The highest BCUT2D eigenvalue weighted by molar-refractivity contribution is 5.93. The first-order chi connectivity index (χ1) is 9.31. The molecule has 0 saturated heterocycles. The molecule has 0 aromatic carbocycles. The number of aryl methyl sites for hydroxylation is 1. The summed E-state index contributed by atoms with van der Waals surface area (Å²) in [6.07, 6.45) is 11.3. The lowest BCUT2D eigenvalue weighted by Gasteiger charge is -2.01. The monoisotopic (exact) mass is 249 g/mol. The molecular formula is C14H11N5. The number of aromatic nitrogens is 5. The number of nitrogens with one attached hydrogen (secondary N) is 1. The fourth-order valence-electron chi connectivity index (χ4n) is 2.30. The summed E-state index contributed by atoms with van der Waals surface area (Å²) in [5.41, 5.74) is 4.19. The standard InChI is InChI=1S/C14H11N5/c1-9-4-11-12(7-17-13(11)16-5-9)10-6-18-14-15-2-3-19(14)8-10/h2-8H,1H3,(H,16,17). The minimum atomic E-state index is 0.706. The van der Waals surface area contributed by atoms with Crippen molar-refractivity contribution < 1.29 is 0 Å². The van der Waals surface area contributed by atoms with Crippen LogP contribution in [0.2, 0.25) is 0 Å². The topological polar surface area (TPSA) is 58.9 Å². The maximum absolute atomic E-state index is 4.38. The Morgan fingerprint density at radius 2 is 2.11 bits per heavy atom. The summed E-state index contributed by atoms with van der Waals surface area (Å²) in [5.74, 6) is 0.706. The second-order valence-electron chi connectivity index (χ2n) is 4.59. The molecule has 0 saturated carbocycles. The van der Waals surface area contributed by atoms with Crippen LogP contribution in [0.3, 0.4) is 0 Å². The molecule has 4 rings (SSSR count). The molecule has 0 aliphatic carbocycles. The van der Waals surface area contributed by atoms with E-state index >= 15 is 0 Å². The van der Waals surface area contributed by atoms with Gasteiger partial charge in [-0.3, -0.25) is 4.40 Å². The average molecular weight is 249 g/mol. The number of aromatic amines is 1. The van der Waals surface area contributed by atoms with Crippen molar-refractivity contribution in [2.24, 2.45) is 0 Å². The van der Waals surface area contributed by atoms with Crippen LogP contribution in [0, 0.1) is 6.92 Å². The van der Waals surface area contributed by atoms with E-state index in [9.17, 15) is 0 Å². The molecule has 5 heteroatoms. The second-order valence-corrected chi connectivity index (χ2v) is 4.59. The van der Waals surface area contributed by atoms with Crippen LogP contribution in [-0.2, 0) is 0 Å². The molecule has 0 unspecified atom stereocenters. The summed E-state index contributed by atoms with van der Waals surface area (Å²) < 4.78 is 1.91. The number of nitrogens with zero attached hydrogens (tertiary/aromatic N) is 4. The minimum Gasteiger partial charge on any atom is -0.346 e. The molecule has 0 atom stereocenters. The van der Waals surface area contributed by atoms with Gasteiger partial charge in [0.05, 0.1) is 0 Å². The summed E-state index contributed by atoms with van der Waals surface area (Å²) >= 11 is 0. The van der Waals surface area contributed by atoms with E-state index in [1.54, 1.807) is 6.20 Å². The summed E-state index contributed by atoms with van der Waals surface area (Å²) in [7, 11) is 0. The number of rotatable bonds is 1. The van der Waals surface area contributed by atoms with Crippen LogP contribution in [0.15, 0.2) is 43.2 Å². The largest absolute Gasteiger partial charge is 0.346 e. The van der Waals surface area contributed by atoms with Gasteiger partial charge in [-0.25, -0.2) is 15.0 Å². The quantitative estimate of drug-likeness (QED) is 0.564. The third-order valence-electron chi connectivity index (χ3n) is 3.22. The number of fused-ring (bicyclic) bond motifs is 2. The van der Waals surface area contributed by atoms with Crippen LogP contribution < -0.4 is 0 Å². The maximum atomic E-state index is 4.38. The lowest BCUT2D eigenvalue weighted by Crippen LogP contribution is -1.89. The van der Waals surface area contributed by atoms with Crippen LogP contribution >= 0.6 is 0 Å². The van der Waals surface area contributed by atoms with Crippen LogP contribution in [0.4, 0.5) is 0 Å². The summed E-state index contributed by atoms with van der Waals surface area (Å²) in [4.78, 5) is 16.1. The Bertz CT molecular complexity index is 887. The SMILES string of the molecule is Cc1cnc2[nH]cc(-c3cnc4nccn4c3)c2c1. The Balaban J connectivity index is 2.00. The third kappa shape index (κ3) is 1.52. The highest BCUT2D eigenvalue weighted by Gasteiger charge is 2.08. The van der Waals surface area contributed by atoms with Crippen molar-refractivity contribution in [1.82, 2.24) is 24.3 Å². The van der Waals surface area contributed by atoms with Gasteiger partial charge in [0.15, 0.2) is 0 Å². The van der Waals surface area contributed by atoms with E-state index in [1.165, 1.54) is 0 Å². The van der Waals surface area contributed by atoms with E-state index in [-0.39, 0.29) is 0 Å². The first kappa shape index (κ1) is 10.3. The molecule has 19 heavy (non-hydrogen) atoms. The number of H-pyrrole nitrogens is 1. The molecule has 0 radical (unpaired) electrons. The maximum Gasteiger partial charge on any atom is 0.233 e. The predicted octanol–water partition coefficient (Wildman–Crippen LogP) is 2.58. The van der Waals surface area contributed by atoms with Gasteiger partial charge in [-0.1, -0.05) is 0 Å². The minimum absolute atomic E-state index is 0.706. The van der Waals surface area contributed by atoms with Crippen LogP contribution in [0.25, 0.3) is 27.9 Å². The van der Waals surface area contributed by atoms with Gasteiger partial charge < -0.3 is 4.98 Å². The fourth-order valence-corrected chi connectivity index (χ4v) is 2.30. The molecular weight excluding hydrogens is 238 g/mol. The zero-order valence-electron chi connectivity index (χ0n) is 10.3. The molecule has 0 aliphatic heterocycles. The molecule has 4 aromatic rings. The first-order valence-electron chi connectivity index (χ1n) is 6.04. The van der Waals surface area contributed by atoms with Crippen molar-refractivity contribution in [2.75, 3.05) is 0 Å². The second kappa shape index (κ2) is 3.65. The molecule has 4 aromatic heterocycles. The molecule has 5 nitrogen and oxygen atoms in total. The number of pyridine rings is 1. The molecule has 0 aliphatic rings. The van der Waals surface area contributed by atoms with Crippen molar-refractivity contribution >= 4 is 16.8 Å². The molecule has 1 N–H and O–H groups in total. The van der Waals surface area contributed by atoms with Crippen molar-refractivity contribution in [1.29, 1.82) is 0 Å². The number of imidazole rings is 1. The van der Waals surface area contributed by atoms with E-state index in [2.05, 4.69) is 26.0 Å². The molecule has 0 fully saturated rings. The normalized spacial score (nSPS) is 11.4. The summed E-state index contributed by atoms with van der Waals surface area (Å²) in [6.45, 7) is 2.04. The van der Waals surface area contributed by atoms with Gasteiger partial charge >= 0.3 is 0 Å². The van der Waals surface area contributed by atoms with E-state index in [0.717, 1.165) is 27.7 Å². The van der Waals surface area contributed by atoms with Crippen LogP contribution in [-0.4, -0.2) is 24.3 Å². The lowest BCUT2D eigenvalue weighted by molar-refractivity contribution is 1.11. The van der Waals surface area contributed by atoms with Crippen molar-refractivity contribution in [3.8, 4) is 11.1 Å². The smallest absolute Gasteiger partial charge is 0.233 e. The van der Waals surface area contributed by atoms with Crippen molar-refractivity contribution in [3.05, 3.63) is 48.8 Å². The lowest BCUT2D eigenvalue weighted by atomic mass is 10.1. The van der Waals surface area contributed by atoms with Gasteiger partial charge in [0, 0.05) is 53.7 Å². The fraction of sp³-hybridized carbons (Fsp3) is 0.0714. The average Bonchev–Trinajstić information content (AvgIpc) is 3.03. The molecule has 92 valence electrons. The molecule has 0 amide bonds. The highest BCUT2D eigenvalue weighted by Crippen LogP contribution is 2.27. The Morgan fingerprint density at radius 1 is 1.16 bits per heavy atom. The molecule has 0 bridgehead atoms. The Kier molecular flexibility index (Phi) is 1.97. The molecule has 4 heterocycles. The Morgan fingerprint density at radius 3 is 3.05 bits per heavy atom. The first-order valence-corrected chi connectivity index (χ1v) is 6.04. The van der Waals surface area contributed by atoms with Crippen LogP contribution in [0.5, 0.6) is 0 Å². The number of hydrogen-bond donors (Lipinski definition) is 1. The zero-order chi connectivity index (χ0) is 12.8. The van der Waals surface area contributed by atoms with E-state index in [1.807, 2.05) is 42.3 Å². The van der Waals surface area contributed by atoms with Crippen LogP contribution in [0.1, 0.15) is 5.56 Å². The van der Waals surface area contributed by atoms with Gasteiger partial charge in [-0.2, -0.15) is 0 Å². The van der Waals surface area contributed by atoms with E-state index in [0.29, 0.717) is 5.78 Å². The van der Waals surface area contributed by atoms with Gasteiger partial charge in [0.1, 0.15) is 5.65 Å². The molecule has 0 spiro atoms. The zero-order valence-corrected chi connectivity index (χ0v) is 10.3. The van der Waals surface area contributed by atoms with E-state index in [4.69, 9.17) is 0 Å². The highest BCUT2D eigenvalue weighted by atomic mass is 15.1. The van der Waals surface area contributed by atoms with Crippen molar-refractivity contribution in [2.45, 2.75) is 6.92 Å². The number of hydrogen-bond acceptors (Lipinski definition) is 3. The summed E-state index contributed by atoms with van der Waals surface area (Å²) in [6, 6.07) is 2.13. The summed E-state index contributed by atoms with van der Waals surface area (Å²) in [5, 5.41) is 1.11.